The highest BCUT2D eigenvalue weighted by atomic mass is 32.1. The molecule has 1 nitrogen and oxygen atoms in total. The lowest BCUT2D eigenvalue weighted by atomic mass is 9.80. The van der Waals surface area contributed by atoms with E-state index in [1.165, 1.54) is 102 Å². The highest BCUT2D eigenvalue weighted by molar-refractivity contribution is 7.26. The molecular weight excluding hydrogens is 739 g/mol. The molecule has 0 atom stereocenters. The molecule has 0 unspecified atom stereocenters. The molecule has 58 heavy (non-hydrogen) atoms. The maximum Gasteiger partial charge on any atom is 0.0465 e. The molecule has 0 saturated heterocycles. The van der Waals surface area contributed by atoms with Gasteiger partial charge >= 0.3 is 0 Å². The van der Waals surface area contributed by atoms with Crippen molar-refractivity contribution in [2.75, 3.05) is 4.90 Å². The zero-order valence-corrected chi connectivity index (χ0v) is 35.1. The van der Waals surface area contributed by atoms with Crippen molar-refractivity contribution in [3.63, 3.8) is 0 Å². The Balaban J connectivity index is 1.09. The number of fused-ring (bicyclic) bond motifs is 12. The van der Waals surface area contributed by atoms with Gasteiger partial charge < -0.3 is 4.90 Å². The molecule has 9 aromatic rings. The summed E-state index contributed by atoms with van der Waals surface area (Å²) >= 11 is 3.82. The highest BCUT2D eigenvalue weighted by Crippen LogP contribution is 2.57. The summed E-state index contributed by atoms with van der Waals surface area (Å²) in [5.74, 6) is 0. The number of anilines is 3. The summed E-state index contributed by atoms with van der Waals surface area (Å²) in [4.78, 5) is 3.82. The normalized spacial score (nSPS) is 14.6. The van der Waals surface area contributed by atoms with Gasteiger partial charge in [-0.1, -0.05) is 143 Å². The first-order chi connectivity index (χ1) is 28.1. The Morgan fingerprint density at radius 2 is 1.21 bits per heavy atom. The lowest BCUT2D eigenvalue weighted by Gasteiger charge is -2.30. The van der Waals surface area contributed by atoms with Crippen LogP contribution in [0.2, 0.25) is 0 Å². The van der Waals surface area contributed by atoms with E-state index in [1.807, 2.05) is 28.7 Å². The van der Waals surface area contributed by atoms with E-state index in [4.69, 9.17) is 0 Å². The summed E-state index contributed by atoms with van der Waals surface area (Å²) in [6, 6.07) is 52.5. The zero-order chi connectivity index (χ0) is 39.5. The van der Waals surface area contributed by atoms with E-state index in [-0.39, 0.29) is 10.8 Å². The van der Waals surface area contributed by atoms with E-state index >= 15 is 0 Å². The van der Waals surface area contributed by atoms with Gasteiger partial charge in [0.15, 0.2) is 0 Å². The summed E-state index contributed by atoms with van der Waals surface area (Å²) in [5.41, 5.74) is 17.8. The quantitative estimate of drug-likeness (QED) is 0.152. The van der Waals surface area contributed by atoms with Crippen molar-refractivity contribution in [1.82, 2.24) is 0 Å². The average molecular weight is 782 g/mol. The lowest BCUT2D eigenvalue weighted by molar-refractivity contribution is 0.661. The molecule has 0 amide bonds. The molecular formula is C55H43NS2. The van der Waals surface area contributed by atoms with Crippen molar-refractivity contribution in [2.24, 2.45) is 0 Å². The standard InChI is InChI=1S/C55H43NS2/c1-7-8-16-39-33(2)57-49-30-28-42-40-25-23-37(31-46(40)55(5,6)52(42)51(39)49)56(36-21-19-35(20-22-36)34-14-10-9-11-15-34)38-24-26-44-47(32-38)54(3,4)45-29-27-43-41-17-12-13-18-48(41)58-53(43)50(44)45/h7-32H,1H2,2-6H3/b16-8-. The number of allylic oxidation sites excluding steroid dienone is 2. The smallest absolute Gasteiger partial charge is 0.0465 e. The van der Waals surface area contributed by atoms with E-state index in [0.29, 0.717) is 0 Å². The summed E-state index contributed by atoms with van der Waals surface area (Å²) in [5, 5.41) is 4.08. The van der Waals surface area contributed by atoms with E-state index in [9.17, 15) is 0 Å². The van der Waals surface area contributed by atoms with Crippen LogP contribution in [0.3, 0.4) is 0 Å². The minimum Gasteiger partial charge on any atom is -0.310 e. The predicted molar refractivity (Wildman–Crippen MR) is 254 cm³/mol. The molecule has 0 saturated carbocycles. The maximum atomic E-state index is 3.97. The molecule has 280 valence electrons. The maximum absolute atomic E-state index is 3.97. The van der Waals surface area contributed by atoms with Crippen molar-refractivity contribution >= 4 is 76.1 Å². The topological polar surface area (TPSA) is 3.24 Å². The lowest BCUT2D eigenvalue weighted by Crippen LogP contribution is -2.18. The molecule has 0 spiro atoms. The third kappa shape index (κ3) is 5.00. The summed E-state index contributed by atoms with van der Waals surface area (Å²) in [7, 11) is 0. The Morgan fingerprint density at radius 1 is 0.552 bits per heavy atom. The van der Waals surface area contributed by atoms with E-state index in [2.05, 4.69) is 198 Å². The fourth-order valence-corrected chi connectivity index (χ4v) is 12.5. The molecule has 7 aromatic carbocycles. The number of hydrogen-bond acceptors (Lipinski definition) is 3. The average Bonchev–Trinajstić information content (AvgIpc) is 3.92. The van der Waals surface area contributed by atoms with Crippen LogP contribution >= 0.6 is 22.7 Å². The van der Waals surface area contributed by atoms with Crippen molar-refractivity contribution in [3.05, 3.63) is 191 Å². The van der Waals surface area contributed by atoms with Gasteiger partial charge in [-0.3, -0.25) is 0 Å². The molecule has 2 aromatic heterocycles. The number of aryl methyl sites for hydroxylation is 1. The van der Waals surface area contributed by atoms with Gasteiger partial charge in [0.1, 0.15) is 0 Å². The van der Waals surface area contributed by atoms with Crippen LogP contribution < -0.4 is 4.90 Å². The summed E-state index contributed by atoms with van der Waals surface area (Å²) in [6.07, 6.45) is 6.19. The van der Waals surface area contributed by atoms with Gasteiger partial charge in [-0.05, 0) is 111 Å². The van der Waals surface area contributed by atoms with Crippen LogP contribution in [-0.4, -0.2) is 0 Å². The number of benzene rings is 7. The largest absolute Gasteiger partial charge is 0.310 e. The van der Waals surface area contributed by atoms with Crippen molar-refractivity contribution < 1.29 is 0 Å². The Labute approximate surface area is 348 Å². The van der Waals surface area contributed by atoms with Gasteiger partial charge in [0, 0.05) is 68.6 Å². The number of nitrogens with zero attached hydrogens (tertiary/aromatic N) is 1. The highest BCUT2D eigenvalue weighted by Gasteiger charge is 2.40. The molecule has 11 rings (SSSR count). The Kier molecular flexibility index (Phi) is 7.73. The third-order valence-corrected chi connectivity index (χ3v) is 15.3. The molecule has 0 N–H and O–H groups in total. The Hall–Kier alpha value is -6.00. The van der Waals surface area contributed by atoms with Crippen LogP contribution in [0.4, 0.5) is 17.1 Å². The molecule has 0 bridgehead atoms. The first kappa shape index (κ1) is 35.2. The summed E-state index contributed by atoms with van der Waals surface area (Å²) < 4.78 is 4.08. The number of thiophene rings is 2. The monoisotopic (exact) mass is 781 g/mol. The summed E-state index contributed by atoms with van der Waals surface area (Å²) in [6.45, 7) is 15.8. The van der Waals surface area contributed by atoms with Gasteiger partial charge in [0.25, 0.3) is 0 Å². The van der Waals surface area contributed by atoms with Gasteiger partial charge in [-0.2, -0.15) is 0 Å². The van der Waals surface area contributed by atoms with Gasteiger partial charge in [-0.25, -0.2) is 0 Å². The molecule has 3 heteroatoms. The minimum absolute atomic E-state index is 0.156. The molecule has 0 fully saturated rings. The second kappa shape index (κ2) is 12.8. The van der Waals surface area contributed by atoms with E-state index in [1.54, 1.807) is 0 Å². The fraction of sp³-hybridized carbons (Fsp3) is 0.127. The van der Waals surface area contributed by atoms with Gasteiger partial charge in [0.05, 0.1) is 0 Å². The van der Waals surface area contributed by atoms with Crippen molar-refractivity contribution in [1.29, 1.82) is 0 Å². The predicted octanol–water partition coefficient (Wildman–Crippen LogP) is 16.5. The van der Waals surface area contributed by atoms with Crippen LogP contribution in [0.25, 0.3) is 69.7 Å². The molecule has 2 aliphatic rings. The van der Waals surface area contributed by atoms with Crippen LogP contribution in [0.15, 0.2) is 158 Å². The fourth-order valence-electron chi connectivity index (χ4n) is 10.1. The van der Waals surface area contributed by atoms with E-state index < -0.39 is 0 Å². The van der Waals surface area contributed by atoms with Gasteiger partial charge in [0.2, 0.25) is 0 Å². The van der Waals surface area contributed by atoms with Crippen LogP contribution in [0, 0.1) is 6.92 Å². The molecule has 2 aliphatic carbocycles. The van der Waals surface area contributed by atoms with Crippen LogP contribution in [-0.2, 0) is 10.8 Å². The first-order valence-electron chi connectivity index (χ1n) is 20.2. The number of hydrogen-bond donors (Lipinski definition) is 0. The van der Waals surface area contributed by atoms with E-state index in [0.717, 1.165) is 11.4 Å². The third-order valence-electron chi connectivity index (χ3n) is 13.0. The van der Waals surface area contributed by atoms with Crippen molar-refractivity contribution in [2.45, 2.75) is 45.4 Å². The second-order valence-corrected chi connectivity index (χ2v) is 19.3. The molecule has 0 radical (unpaired) electrons. The van der Waals surface area contributed by atoms with Gasteiger partial charge in [-0.15, -0.1) is 22.7 Å². The Bertz CT molecular complexity index is 3190. The minimum atomic E-state index is -0.204. The first-order valence-corrected chi connectivity index (χ1v) is 21.8. The SMILES string of the molecule is C=C/C=C\c1c(C)sc2ccc3c(c12)C(C)(C)c1cc(N(c2ccc(-c4ccccc4)cc2)c2ccc4c(c2)C(C)(C)c2ccc5c(sc6ccccc65)c2-4)ccc1-3. The molecule has 2 heterocycles. The van der Waals surface area contributed by atoms with Crippen molar-refractivity contribution in [3.8, 4) is 33.4 Å². The van der Waals surface area contributed by atoms with Crippen LogP contribution in [0.1, 0.15) is 60.4 Å². The molecule has 0 aliphatic heterocycles. The zero-order valence-electron chi connectivity index (χ0n) is 33.5. The van der Waals surface area contributed by atoms with Crippen LogP contribution in [0.5, 0.6) is 0 Å². The second-order valence-electron chi connectivity index (χ2n) is 16.9. The Morgan fingerprint density at radius 3 is 1.97 bits per heavy atom. The number of rotatable bonds is 6.